The van der Waals surface area contributed by atoms with E-state index in [9.17, 15) is 9.59 Å². The average Bonchev–Trinajstić information content (AvgIpc) is 2.48. The van der Waals surface area contributed by atoms with Crippen molar-refractivity contribution in [3.05, 3.63) is 0 Å². The van der Waals surface area contributed by atoms with Crippen LogP contribution in [0.4, 0.5) is 4.79 Å². The standard InChI is InChI=1S/C10H18N2O3/c1-10(2,3)15-9(14)11-12-6-4-5-8(12)7-13/h7-8H,4-6H2,1-3H3,(H,11,14). The molecule has 0 saturated carbocycles. The van der Waals surface area contributed by atoms with Gasteiger partial charge in [-0.3, -0.25) is 5.43 Å². The van der Waals surface area contributed by atoms with Crippen LogP contribution in [0.1, 0.15) is 33.6 Å². The highest BCUT2D eigenvalue weighted by molar-refractivity contribution is 5.68. The summed E-state index contributed by atoms with van der Waals surface area (Å²) in [4.78, 5) is 22.0. The second kappa shape index (κ2) is 4.61. The second-order valence-corrected chi connectivity index (χ2v) is 4.65. The summed E-state index contributed by atoms with van der Waals surface area (Å²) in [6, 6.07) is -0.211. The lowest BCUT2D eigenvalue weighted by Crippen LogP contribution is -2.47. The third kappa shape index (κ3) is 3.87. The molecule has 5 nitrogen and oxygen atoms in total. The molecule has 0 bridgehead atoms. The highest BCUT2D eigenvalue weighted by Crippen LogP contribution is 2.13. The van der Waals surface area contributed by atoms with E-state index >= 15 is 0 Å². The van der Waals surface area contributed by atoms with Crippen molar-refractivity contribution in [1.29, 1.82) is 0 Å². The number of nitrogens with one attached hydrogen (secondary N) is 1. The summed E-state index contributed by atoms with van der Waals surface area (Å²) in [5, 5.41) is 1.63. The Balaban J connectivity index is 2.41. The zero-order valence-corrected chi connectivity index (χ0v) is 9.45. The molecule has 0 aromatic carbocycles. The maximum absolute atomic E-state index is 11.4. The van der Waals surface area contributed by atoms with Crippen LogP contribution in [0.2, 0.25) is 0 Å². The van der Waals surface area contributed by atoms with Gasteiger partial charge in [-0.1, -0.05) is 0 Å². The van der Waals surface area contributed by atoms with E-state index in [0.29, 0.717) is 6.54 Å². The number of aldehydes is 1. The first-order valence-corrected chi connectivity index (χ1v) is 5.14. The van der Waals surface area contributed by atoms with E-state index in [-0.39, 0.29) is 6.04 Å². The Labute approximate surface area is 89.7 Å². The molecule has 0 aliphatic carbocycles. The molecule has 15 heavy (non-hydrogen) atoms. The largest absolute Gasteiger partial charge is 0.443 e. The third-order valence-corrected chi connectivity index (χ3v) is 2.09. The quantitative estimate of drug-likeness (QED) is 0.699. The molecule has 5 heteroatoms. The molecule has 1 atom stereocenters. The Morgan fingerprint density at radius 1 is 1.53 bits per heavy atom. The Bertz CT molecular complexity index is 248. The molecule has 1 N–H and O–H groups in total. The van der Waals surface area contributed by atoms with E-state index in [1.807, 2.05) is 0 Å². The van der Waals surface area contributed by atoms with Gasteiger partial charge in [-0.15, -0.1) is 0 Å². The Morgan fingerprint density at radius 3 is 2.73 bits per heavy atom. The molecule has 1 heterocycles. The zero-order chi connectivity index (χ0) is 11.5. The number of nitrogens with zero attached hydrogens (tertiary/aromatic N) is 1. The van der Waals surface area contributed by atoms with Crippen molar-refractivity contribution in [2.45, 2.75) is 45.3 Å². The lowest BCUT2D eigenvalue weighted by molar-refractivity contribution is -0.112. The molecule has 0 spiro atoms. The van der Waals surface area contributed by atoms with E-state index in [1.165, 1.54) is 0 Å². The number of amides is 1. The minimum Gasteiger partial charge on any atom is -0.443 e. The number of hydrogen-bond acceptors (Lipinski definition) is 4. The van der Waals surface area contributed by atoms with Gasteiger partial charge in [0.1, 0.15) is 11.9 Å². The Kier molecular flexibility index (Phi) is 3.68. The average molecular weight is 214 g/mol. The molecule has 1 rings (SSSR count). The minimum atomic E-state index is -0.513. The highest BCUT2D eigenvalue weighted by Gasteiger charge is 2.27. The van der Waals surface area contributed by atoms with Crippen LogP contribution in [-0.2, 0) is 9.53 Å². The van der Waals surface area contributed by atoms with Crippen LogP contribution in [-0.4, -0.2) is 35.6 Å². The van der Waals surface area contributed by atoms with Gasteiger partial charge in [0.15, 0.2) is 0 Å². The second-order valence-electron chi connectivity index (χ2n) is 4.65. The van der Waals surface area contributed by atoms with Crippen molar-refractivity contribution in [2.75, 3.05) is 6.54 Å². The van der Waals surface area contributed by atoms with Gasteiger partial charge in [-0.25, -0.2) is 9.80 Å². The summed E-state index contributed by atoms with van der Waals surface area (Å²) < 4.78 is 5.08. The van der Waals surface area contributed by atoms with Crippen molar-refractivity contribution >= 4 is 12.4 Å². The molecule has 0 radical (unpaired) electrons. The van der Waals surface area contributed by atoms with Gasteiger partial charge in [0.05, 0.1) is 6.04 Å². The topological polar surface area (TPSA) is 58.6 Å². The predicted molar refractivity (Wildman–Crippen MR) is 55.2 cm³/mol. The van der Waals surface area contributed by atoms with Gasteiger partial charge in [-0.05, 0) is 33.6 Å². The molecule has 86 valence electrons. The van der Waals surface area contributed by atoms with Crippen LogP contribution in [0.15, 0.2) is 0 Å². The Morgan fingerprint density at radius 2 is 2.20 bits per heavy atom. The molecule has 1 saturated heterocycles. The minimum absolute atomic E-state index is 0.211. The number of rotatable bonds is 2. The molecule has 1 fully saturated rings. The molecule has 1 aliphatic heterocycles. The van der Waals surface area contributed by atoms with E-state index in [2.05, 4.69) is 5.43 Å². The van der Waals surface area contributed by atoms with Crippen LogP contribution in [0.3, 0.4) is 0 Å². The molecule has 0 aromatic heterocycles. The van der Waals surface area contributed by atoms with Crippen LogP contribution in [0.5, 0.6) is 0 Å². The van der Waals surface area contributed by atoms with Crippen molar-refractivity contribution in [3.63, 3.8) is 0 Å². The van der Waals surface area contributed by atoms with Gasteiger partial charge in [-0.2, -0.15) is 0 Å². The lowest BCUT2D eigenvalue weighted by Gasteiger charge is -2.24. The molecular weight excluding hydrogens is 196 g/mol. The summed E-state index contributed by atoms with van der Waals surface area (Å²) in [5.41, 5.74) is 2.06. The van der Waals surface area contributed by atoms with Gasteiger partial charge in [0.25, 0.3) is 0 Å². The fraction of sp³-hybridized carbons (Fsp3) is 0.800. The van der Waals surface area contributed by atoms with Crippen LogP contribution >= 0.6 is 0 Å². The van der Waals surface area contributed by atoms with E-state index < -0.39 is 11.7 Å². The summed E-state index contributed by atoms with van der Waals surface area (Å²) in [6.07, 6.45) is 2.05. The van der Waals surface area contributed by atoms with Crippen LogP contribution in [0.25, 0.3) is 0 Å². The lowest BCUT2D eigenvalue weighted by atomic mass is 10.2. The maximum atomic E-state index is 11.4. The normalized spacial score (nSPS) is 22.5. The number of carbonyl (C=O) groups excluding carboxylic acids is 2. The number of carbonyl (C=O) groups is 2. The summed E-state index contributed by atoms with van der Waals surface area (Å²) in [5.74, 6) is 0. The first kappa shape index (κ1) is 12.0. The van der Waals surface area contributed by atoms with Gasteiger partial charge in [0.2, 0.25) is 0 Å². The first-order chi connectivity index (χ1) is 6.92. The Hall–Kier alpha value is -1.10. The zero-order valence-electron chi connectivity index (χ0n) is 9.45. The summed E-state index contributed by atoms with van der Waals surface area (Å²) in [6.45, 7) is 6.10. The van der Waals surface area contributed by atoms with E-state index in [4.69, 9.17) is 4.74 Å². The fourth-order valence-electron chi connectivity index (χ4n) is 1.49. The van der Waals surface area contributed by atoms with Crippen molar-refractivity contribution in [3.8, 4) is 0 Å². The predicted octanol–water partition coefficient (Wildman–Crippen LogP) is 1.09. The van der Waals surface area contributed by atoms with Crippen LogP contribution < -0.4 is 5.43 Å². The van der Waals surface area contributed by atoms with Gasteiger partial charge < -0.3 is 9.53 Å². The monoisotopic (exact) mass is 214 g/mol. The SMILES string of the molecule is CC(C)(C)OC(=O)NN1CCCC1C=O. The fourth-order valence-corrected chi connectivity index (χ4v) is 1.49. The molecule has 0 aromatic rings. The number of hydrogen-bond donors (Lipinski definition) is 1. The summed E-state index contributed by atoms with van der Waals surface area (Å²) in [7, 11) is 0. The van der Waals surface area contributed by atoms with E-state index in [1.54, 1.807) is 25.8 Å². The van der Waals surface area contributed by atoms with Crippen molar-refractivity contribution in [2.24, 2.45) is 0 Å². The van der Waals surface area contributed by atoms with Gasteiger partial charge in [0, 0.05) is 6.54 Å². The first-order valence-electron chi connectivity index (χ1n) is 5.14. The van der Waals surface area contributed by atoms with Crippen molar-refractivity contribution in [1.82, 2.24) is 10.4 Å². The molecule has 1 unspecified atom stereocenters. The smallest absolute Gasteiger partial charge is 0.422 e. The molecule has 1 amide bonds. The molecular formula is C10H18N2O3. The number of hydrazine groups is 1. The van der Waals surface area contributed by atoms with Crippen molar-refractivity contribution < 1.29 is 14.3 Å². The van der Waals surface area contributed by atoms with E-state index in [0.717, 1.165) is 19.1 Å². The summed E-state index contributed by atoms with van der Waals surface area (Å²) >= 11 is 0. The third-order valence-electron chi connectivity index (χ3n) is 2.09. The van der Waals surface area contributed by atoms with Crippen LogP contribution in [0, 0.1) is 0 Å². The molecule has 1 aliphatic rings. The van der Waals surface area contributed by atoms with Gasteiger partial charge >= 0.3 is 6.09 Å². The number of ether oxygens (including phenoxy) is 1. The maximum Gasteiger partial charge on any atom is 0.422 e. The highest BCUT2D eigenvalue weighted by atomic mass is 16.6.